The Morgan fingerprint density at radius 1 is 1.35 bits per heavy atom. The maximum Gasteiger partial charge on any atom is 0.254 e. The van der Waals surface area contributed by atoms with Gasteiger partial charge in [0.25, 0.3) is 5.91 Å². The van der Waals surface area contributed by atoms with Crippen LogP contribution in [-0.4, -0.2) is 52.5 Å². The molecule has 104 valence electrons. The van der Waals surface area contributed by atoms with Gasteiger partial charge in [0.15, 0.2) is 0 Å². The number of rotatable bonds is 2. The van der Waals surface area contributed by atoms with Gasteiger partial charge in [-0.2, -0.15) is 0 Å². The fourth-order valence-electron chi connectivity index (χ4n) is 2.31. The lowest BCUT2D eigenvalue weighted by molar-refractivity contribution is 0.00457. The Balaban J connectivity index is 1.91. The molecule has 1 fully saturated rings. The number of benzene rings is 1. The molecular weight excluding hydrogens is 278 g/mol. The highest BCUT2D eigenvalue weighted by atomic mass is 35.5. The van der Waals surface area contributed by atoms with Crippen LogP contribution in [0.4, 0.5) is 0 Å². The molecule has 0 radical (unpaired) electrons. The first kappa shape index (κ1) is 13.3. The number of hydrogen-bond acceptors (Lipinski definition) is 4. The molecule has 0 N–H and O–H groups in total. The van der Waals surface area contributed by atoms with Gasteiger partial charge in [0.2, 0.25) is 0 Å². The summed E-state index contributed by atoms with van der Waals surface area (Å²) in [5.41, 5.74) is 2.10. The topological polar surface area (TPSA) is 55.3 Å². The van der Waals surface area contributed by atoms with Gasteiger partial charge in [-0.25, -0.2) is 0 Å². The summed E-state index contributed by atoms with van der Waals surface area (Å²) in [7, 11) is 0. The highest BCUT2D eigenvalue weighted by molar-refractivity contribution is 6.18. The van der Waals surface area contributed by atoms with Gasteiger partial charge < -0.3 is 9.64 Å². The van der Waals surface area contributed by atoms with E-state index in [4.69, 9.17) is 16.3 Å². The van der Waals surface area contributed by atoms with Crippen molar-refractivity contribution < 1.29 is 9.53 Å². The van der Waals surface area contributed by atoms with Crippen molar-refractivity contribution in [1.29, 1.82) is 0 Å². The van der Waals surface area contributed by atoms with E-state index in [0.717, 1.165) is 5.52 Å². The van der Waals surface area contributed by atoms with Gasteiger partial charge in [-0.05, 0) is 18.2 Å². The van der Waals surface area contributed by atoms with Crippen molar-refractivity contribution in [2.75, 3.05) is 25.6 Å². The Kier molecular flexibility index (Phi) is 3.80. The first-order valence-corrected chi connectivity index (χ1v) is 6.98. The minimum atomic E-state index is -0.0736. The number of alkyl halides is 1. The molecule has 1 atom stereocenters. The van der Waals surface area contributed by atoms with Crippen molar-refractivity contribution in [3.8, 4) is 0 Å². The predicted octanol–water partition coefficient (Wildman–Crippen LogP) is 1.71. The predicted molar refractivity (Wildman–Crippen MR) is 75.9 cm³/mol. The third-order valence-corrected chi connectivity index (χ3v) is 3.74. The van der Waals surface area contributed by atoms with Crippen LogP contribution in [0, 0.1) is 0 Å². The Hall–Kier alpha value is -1.72. The molecule has 1 aromatic heterocycles. The van der Waals surface area contributed by atoms with Gasteiger partial charge in [-0.1, -0.05) is 0 Å². The fraction of sp³-hybridized carbons (Fsp3) is 0.357. The molecule has 1 aliphatic rings. The molecule has 1 aliphatic heterocycles. The fourth-order valence-corrected chi connectivity index (χ4v) is 2.57. The Morgan fingerprint density at radius 2 is 2.15 bits per heavy atom. The van der Waals surface area contributed by atoms with Gasteiger partial charge in [0.05, 0.1) is 30.3 Å². The number of ether oxygens (including phenoxy) is 1. The van der Waals surface area contributed by atoms with Crippen LogP contribution in [-0.2, 0) is 4.74 Å². The second kappa shape index (κ2) is 5.73. The zero-order valence-corrected chi connectivity index (χ0v) is 11.6. The van der Waals surface area contributed by atoms with Gasteiger partial charge in [-0.3, -0.25) is 14.8 Å². The van der Waals surface area contributed by atoms with Gasteiger partial charge >= 0.3 is 0 Å². The number of carbonyl (C=O) groups excluding carboxylic acids is 1. The summed E-state index contributed by atoms with van der Waals surface area (Å²) in [5, 5.41) is 0. The van der Waals surface area contributed by atoms with Crippen LogP contribution in [0.3, 0.4) is 0 Å². The first-order valence-electron chi connectivity index (χ1n) is 6.45. The first-order chi connectivity index (χ1) is 9.79. The summed E-state index contributed by atoms with van der Waals surface area (Å²) >= 11 is 5.91. The molecule has 3 rings (SSSR count). The van der Waals surface area contributed by atoms with Crippen molar-refractivity contribution >= 4 is 28.5 Å². The Bertz CT molecular complexity index is 635. The van der Waals surface area contributed by atoms with E-state index in [1.165, 1.54) is 0 Å². The summed E-state index contributed by atoms with van der Waals surface area (Å²) < 4.78 is 5.36. The van der Waals surface area contributed by atoms with E-state index in [1.807, 2.05) is 6.07 Å². The van der Waals surface area contributed by atoms with Crippen molar-refractivity contribution in [1.82, 2.24) is 14.9 Å². The zero-order valence-electron chi connectivity index (χ0n) is 10.8. The molecule has 20 heavy (non-hydrogen) atoms. The van der Waals surface area contributed by atoms with Crippen LogP contribution >= 0.6 is 11.6 Å². The number of aromatic nitrogens is 2. The van der Waals surface area contributed by atoms with E-state index in [-0.39, 0.29) is 11.9 Å². The number of hydrogen-bond donors (Lipinski definition) is 0. The van der Waals surface area contributed by atoms with Crippen LogP contribution in [0.25, 0.3) is 11.0 Å². The molecule has 5 nitrogen and oxygen atoms in total. The number of amides is 1. The van der Waals surface area contributed by atoms with Crippen LogP contribution in [0.15, 0.2) is 30.6 Å². The highest BCUT2D eigenvalue weighted by Gasteiger charge is 2.27. The molecule has 6 heteroatoms. The van der Waals surface area contributed by atoms with Crippen molar-refractivity contribution in [2.24, 2.45) is 0 Å². The van der Waals surface area contributed by atoms with E-state index >= 15 is 0 Å². The third-order valence-electron chi connectivity index (χ3n) is 3.38. The maximum absolute atomic E-state index is 12.6. The van der Waals surface area contributed by atoms with E-state index < -0.39 is 0 Å². The number of halogens is 1. The third kappa shape index (κ3) is 2.46. The van der Waals surface area contributed by atoms with E-state index in [2.05, 4.69) is 9.97 Å². The largest absolute Gasteiger partial charge is 0.377 e. The molecule has 1 unspecified atom stereocenters. The molecule has 1 saturated heterocycles. The van der Waals surface area contributed by atoms with Gasteiger partial charge in [-0.15, -0.1) is 11.6 Å². The SMILES string of the molecule is O=C(c1ccc2nccnc2c1)N1CCOCC1CCl. The average molecular weight is 292 g/mol. The summed E-state index contributed by atoms with van der Waals surface area (Å²) in [6, 6.07) is 5.28. The van der Waals surface area contributed by atoms with Crippen LogP contribution in [0.5, 0.6) is 0 Å². The maximum atomic E-state index is 12.6. The lowest BCUT2D eigenvalue weighted by Gasteiger charge is -2.34. The van der Waals surface area contributed by atoms with E-state index in [9.17, 15) is 4.79 Å². The molecule has 0 saturated carbocycles. The highest BCUT2D eigenvalue weighted by Crippen LogP contribution is 2.16. The molecule has 1 amide bonds. The average Bonchev–Trinajstić information content (AvgIpc) is 2.53. The monoisotopic (exact) mass is 291 g/mol. The van der Waals surface area contributed by atoms with E-state index in [1.54, 1.807) is 29.4 Å². The molecule has 2 aromatic rings. The summed E-state index contributed by atoms with van der Waals surface area (Å²) in [4.78, 5) is 22.8. The molecule has 0 bridgehead atoms. The molecule has 0 aliphatic carbocycles. The second-order valence-electron chi connectivity index (χ2n) is 4.64. The zero-order chi connectivity index (χ0) is 13.9. The van der Waals surface area contributed by atoms with Crippen LogP contribution in [0.1, 0.15) is 10.4 Å². The number of fused-ring (bicyclic) bond motifs is 1. The summed E-state index contributed by atoms with van der Waals surface area (Å²) in [6.07, 6.45) is 3.25. The van der Waals surface area contributed by atoms with Crippen LogP contribution < -0.4 is 0 Å². The minimum absolute atomic E-state index is 0.0356. The number of morpholine rings is 1. The second-order valence-corrected chi connectivity index (χ2v) is 4.95. The normalized spacial score (nSPS) is 19.2. The number of nitrogens with zero attached hydrogens (tertiary/aromatic N) is 3. The molecular formula is C14H14ClN3O2. The smallest absolute Gasteiger partial charge is 0.254 e. The summed E-state index contributed by atoms with van der Waals surface area (Å²) in [5.74, 6) is 0.338. The number of carbonyl (C=O) groups is 1. The molecule has 1 aromatic carbocycles. The van der Waals surface area contributed by atoms with Crippen molar-refractivity contribution in [3.63, 3.8) is 0 Å². The van der Waals surface area contributed by atoms with Crippen LogP contribution in [0.2, 0.25) is 0 Å². The van der Waals surface area contributed by atoms with Gasteiger partial charge in [0.1, 0.15) is 0 Å². The molecule has 2 heterocycles. The van der Waals surface area contributed by atoms with Crippen molar-refractivity contribution in [3.05, 3.63) is 36.2 Å². The van der Waals surface area contributed by atoms with Crippen molar-refractivity contribution in [2.45, 2.75) is 6.04 Å². The summed E-state index contributed by atoms with van der Waals surface area (Å²) in [6.45, 7) is 1.60. The minimum Gasteiger partial charge on any atom is -0.377 e. The molecule has 0 spiro atoms. The quantitative estimate of drug-likeness (QED) is 0.791. The Labute approximate surface area is 121 Å². The van der Waals surface area contributed by atoms with E-state index in [0.29, 0.717) is 36.7 Å². The lowest BCUT2D eigenvalue weighted by Crippen LogP contribution is -2.49. The Morgan fingerprint density at radius 3 is 2.95 bits per heavy atom. The van der Waals surface area contributed by atoms with Gasteiger partial charge in [0, 0.05) is 30.4 Å². The lowest BCUT2D eigenvalue weighted by atomic mass is 10.1. The standard InChI is InChI=1S/C14H14ClN3O2/c15-8-11-9-20-6-5-18(11)14(19)10-1-2-12-13(7-10)17-4-3-16-12/h1-4,7,11H,5-6,8-9H2.